The van der Waals surface area contributed by atoms with E-state index in [1.165, 1.54) is 27.1 Å². The summed E-state index contributed by atoms with van der Waals surface area (Å²) in [6.45, 7) is 4.33. The number of benzene rings is 2. The Morgan fingerprint density at radius 1 is 1.00 bits per heavy atom. The molecular weight excluding hydrogens is 262 g/mol. The smallest absolute Gasteiger partial charge is 0.0358 e. The van der Waals surface area contributed by atoms with Gasteiger partial charge in [0.05, 0.1) is 0 Å². The van der Waals surface area contributed by atoms with Gasteiger partial charge in [-0.1, -0.05) is 41.5 Å². The number of nitrogens with one attached hydrogen (secondary N) is 1. The van der Waals surface area contributed by atoms with Crippen LogP contribution in [0.15, 0.2) is 47.4 Å². The Labute approximate surface area is 126 Å². The van der Waals surface area contributed by atoms with E-state index in [1.54, 1.807) is 11.8 Å². The molecule has 0 aliphatic rings. The van der Waals surface area contributed by atoms with Crippen LogP contribution in [0.25, 0.3) is 0 Å². The second kappa shape index (κ2) is 6.96. The van der Waals surface area contributed by atoms with Crippen LogP contribution in [0.4, 0.5) is 0 Å². The fraction of sp³-hybridized carbons (Fsp3) is 0.333. The minimum atomic E-state index is 0.368. The molecule has 20 heavy (non-hydrogen) atoms. The second-order valence-corrected chi connectivity index (χ2v) is 6.19. The first kappa shape index (κ1) is 15.1. The summed E-state index contributed by atoms with van der Waals surface area (Å²) in [5.74, 6) is 0. The van der Waals surface area contributed by atoms with Crippen molar-refractivity contribution < 1.29 is 0 Å². The number of rotatable bonds is 5. The summed E-state index contributed by atoms with van der Waals surface area (Å²) in [5, 5.41) is 3.44. The molecule has 0 bridgehead atoms. The predicted molar refractivity (Wildman–Crippen MR) is 89.6 cm³/mol. The Hall–Kier alpha value is -1.25. The highest BCUT2D eigenvalue weighted by molar-refractivity contribution is 7.98. The summed E-state index contributed by atoms with van der Waals surface area (Å²) < 4.78 is 0. The first-order valence-electron chi connectivity index (χ1n) is 7.00. The zero-order valence-electron chi connectivity index (χ0n) is 12.7. The number of hydrogen-bond acceptors (Lipinski definition) is 2. The molecule has 106 valence electrons. The van der Waals surface area contributed by atoms with Gasteiger partial charge in [0.2, 0.25) is 0 Å². The quantitative estimate of drug-likeness (QED) is 0.810. The summed E-state index contributed by atoms with van der Waals surface area (Å²) in [6.07, 6.45) is 3.14. The van der Waals surface area contributed by atoms with Gasteiger partial charge in [-0.3, -0.25) is 0 Å². The Bertz CT molecular complexity index is 540. The molecule has 0 saturated heterocycles. The number of hydrogen-bond donors (Lipinski definition) is 1. The van der Waals surface area contributed by atoms with Gasteiger partial charge in [0.25, 0.3) is 0 Å². The normalized spacial score (nSPS) is 12.4. The van der Waals surface area contributed by atoms with Crippen LogP contribution in [0.2, 0.25) is 0 Å². The molecule has 0 aliphatic heterocycles. The van der Waals surface area contributed by atoms with E-state index in [4.69, 9.17) is 0 Å². The van der Waals surface area contributed by atoms with Crippen LogP contribution in [0.5, 0.6) is 0 Å². The fourth-order valence-corrected chi connectivity index (χ4v) is 3.05. The van der Waals surface area contributed by atoms with Crippen LogP contribution in [0.1, 0.15) is 28.3 Å². The summed E-state index contributed by atoms with van der Waals surface area (Å²) in [4.78, 5) is 1.31. The predicted octanol–water partition coefficient (Wildman–Crippen LogP) is 4.53. The lowest BCUT2D eigenvalue weighted by molar-refractivity contribution is 0.591. The molecule has 1 unspecified atom stereocenters. The molecule has 0 spiro atoms. The van der Waals surface area contributed by atoms with Gasteiger partial charge in [-0.05, 0) is 56.8 Å². The van der Waals surface area contributed by atoms with Crippen molar-refractivity contribution in [3.05, 3.63) is 64.7 Å². The summed E-state index contributed by atoms with van der Waals surface area (Å²) in [7, 11) is 2.04. The maximum absolute atomic E-state index is 3.44. The van der Waals surface area contributed by atoms with Crippen LogP contribution in [0.3, 0.4) is 0 Å². The van der Waals surface area contributed by atoms with Crippen LogP contribution >= 0.6 is 11.8 Å². The van der Waals surface area contributed by atoms with Crippen LogP contribution in [-0.2, 0) is 6.42 Å². The zero-order valence-corrected chi connectivity index (χ0v) is 13.6. The van der Waals surface area contributed by atoms with Crippen LogP contribution in [0, 0.1) is 13.8 Å². The van der Waals surface area contributed by atoms with E-state index in [0.29, 0.717) is 6.04 Å². The molecule has 0 heterocycles. The molecule has 2 aromatic carbocycles. The van der Waals surface area contributed by atoms with E-state index in [2.05, 4.69) is 67.9 Å². The van der Waals surface area contributed by atoms with E-state index in [0.717, 1.165) is 6.42 Å². The lowest BCUT2D eigenvalue weighted by Crippen LogP contribution is -2.18. The fourth-order valence-electron chi connectivity index (χ4n) is 2.65. The third-order valence-electron chi connectivity index (χ3n) is 3.59. The highest BCUT2D eigenvalue weighted by Crippen LogP contribution is 2.22. The average molecular weight is 285 g/mol. The Morgan fingerprint density at radius 2 is 1.60 bits per heavy atom. The van der Waals surface area contributed by atoms with Gasteiger partial charge >= 0.3 is 0 Å². The van der Waals surface area contributed by atoms with Gasteiger partial charge in [0.15, 0.2) is 0 Å². The van der Waals surface area contributed by atoms with Crippen molar-refractivity contribution in [1.29, 1.82) is 0 Å². The Kier molecular flexibility index (Phi) is 5.27. The van der Waals surface area contributed by atoms with E-state index < -0.39 is 0 Å². The van der Waals surface area contributed by atoms with Gasteiger partial charge in [-0.2, -0.15) is 0 Å². The monoisotopic (exact) mass is 285 g/mol. The molecule has 1 nitrogen and oxygen atoms in total. The van der Waals surface area contributed by atoms with E-state index in [1.807, 2.05) is 7.05 Å². The molecule has 0 aliphatic carbocycles. The largest absolute Gasteiger partial charge is 0.313 e. The van der Waals surface area contributed by atoms with Crippen LogP contribution in [-0.4, -0.2) is 13.3 Å². The van der Waals surface area contributed by atoms with Crippen molar-refractivity contribution in [2.45, 2.75) is 31.2 Å². The minimum absolute atomic E-state index is 0.368. The topological polar surface area (TPSA) is 12.0 Å². The lowest BCUT2D eigenvalue weighted by Gasteiger charge is -2.18. The van der Waals surface area contributed by atoms with Gasteiger partial charge in [0.1, 0.15) is 0 Å². The highest BCUT2D eigenvalue weighted by atomic mass is 32.2. The third kappa shape index (κ3) is 3.87. The molecule has 0 amide bonds. The molecule has 1 atom stereocenters. The molecule has 2 aromatic rings. The summed E-state index contributed by atoms with van der Waals surface area (Å²) in [6, 6.07) is 16.0. The van der Waals surface area contributed by atoms with Gasteiger partial charge in [-0.15, -0.1) is 11.8 Å². The maximum atomic E-state index is 3.44. The molecule has 0 fully saturated rings. The van der Waals surface area contributed by atoms with Crippen molar-refractivity contribution in [3.63, 3.8) is 0 Å². The van der Waals surface area contributed by atoms with Gasteiger partial charge < -0.3 is 5.32 Å². The molecule has 0 radical (unpaired) electrons. The standard InChI is InChI=1S/C18H23NS/c1-13-9-14(2)11-15(10-13)12-18(19-3)16-5-7-17(20-4)8-6-16/h5-11,18-19H,12H2,1-4H3. The molecule has 2 rings (SSSR count). The van der Waals surface area contributed by atoms with Crippen LogP contribution < -0.4 is 5.32 Å². The molecule has 1 N–H and O–H groups in total. The Balaban J connectivity index is 2.19. The average Bonchev–Trinajstić information content (AvgIpc) is 2.44. The highest BCUT2D eigenvalue weighted by Gasteiger charge is 2.10. The van der Waals surface area contributed by atoms with E-state index in [9.17, 15) is 0 Å². The third-order valence-corrected chi connectivity index (χ3v) is 4.33. The van der Waals surface area contributed by atoms with Crippen molar-refractivity contribution in [2.24, 2.45) is 0 Å². The van der Waals surface area contributed by atoms with Crippen molar-refractivity contribution in [1.82, 2.24) is 5.32 Å². The van der Waals surface area contributed by atoms with Gasteiger partial charge in [0, 0.05) is 10.9 Å². The summed E-state index contributed by atoms with van der Waals surface area (Å²) in [5.41, 5.74) is 5.43. The number of likely N-dealkylation sites (N-methyl/N-ethyl adjacent to an activating group) is 1. The molecule has 0 aromatic heterocycles. The number of aryl methyl sites for hydroxylation is 2. The summed E-state index contributed by atoms with van der Waals surface area (Å²) >= 11 is 1.78. The molecule has 2 heteroatoms. The lowest BCUT2D eigenvalue weighted by atomic mass is 9.97. The zero-order chi connectivity index (χ0) is 14.5. The minimum Gasteiger partial charge on any atom is -0.313 e. The van der Waals surface area contributed by atoms with Crippen molar-refractivity contribution in [2.75, 3.05) is 13.3 Å². The van der Waals surface area contributed by atoms with E-state index in [-0.39, 0.29) is 0 Å². The first-order valence-corrected chi connectivity index (χ1v) is 8.23. The van der Waals surface area contributed by atoms with Crippen molar-refractivity contribution in [3.8, 4) is 0 Å². The van der Waals surface area contributed by atoms with E-state index >= 15 is 0 Å². The molecule has 0 saturated carbocycles. The number of thioether (sulfide) groups is 1. The second-order valence-electron chi connectivity index (χ2n) is 5.31. The maximum Gasteiger partial charge on any atom is 0.0358 e. The SMILES string of the molecule is CNC(Cc1cc(C)cc(C)c1)c1ccc(SC)cc1. The Morgan fingerprint density at radius 3 is 2.10 bits per heavy atom. The molecular formula is C18H23NS. The first-order chi connectivity index (χ1) is 9.62. The van der Waals surface area contributed by atoms with Gasteiger partial charge in [-0.25, -0.2) is 0 Å². The van der Waals surface area contributed by atoms with Crippen molar-refractivity contribution >= 4 is 11.8 Å².